The number of unbranched alkanes of at least 4 members (excludes halogenated alkanes) is 6. The smallest absolute Gasteiger partial charge is 0.412 e. The minimum Gasteiger partial charge on any atom is -0.449 e. The number of amides is 3. The van der Waals surface area contributed by atoms with Gasteiger partial charge in [-0.15, -0.1) is 0 Å². The van der Waals surface area contributed by atoms with E-state index < -0.39 is 11.5 Å². The number of benzene rings is 2. The second-order valence-electron chi connectivity index (χ2n) is 15.1. The summed E-state index contributed by atoms with van der Waals surface area (Å²) >= 11 is 0. The zero-order chi connectivity index (χ0) is 37.2. The van der Waals surface area contributed by atoms with Crippen molar-refractivity contribution in [3.63, 3.8) is 0 Å². The van der Waals surface area contributed by atoms with Crippen LogP contribution in [0.1, 0.15) is 132 Å². The predicted octanol–water partition coefficient (Wildman–Crippen LogP) is 8.42. The van der Waals surface area contributed by atoms with Gasteiger partial charge in [0.2, 0.25) is 5.91 Å². The number of carbonyl (C=O) groups excluding carboxylic acids is 3. The van der Waals surface area contributed by atoms with Gasteiger partial charge >= 0.3 is 12.2 Å². The highest BCUT2D eigenvalue weighted by Gasteiger charge is 2.46. The average molecular weight is 727 g/mol. The van der Waals surface area contributed by atoms with Crippen LogP contribution in [0.25, 0.3) is 11.0 Å². The van der Waals surface area contributed by atoms with E-state index in [-0.39, 0.29) is 23.9 Å². The maximum Gasteiger partial charge on any atom is 0.412 e. The summed E-state index contributed by atoms with van der Waals surface area (Å²) in [7, 11) is 0. The fourth-order valence-corrected chi connectivity index (χ4v) is 8.39. The van der Waals surface area contributed by atoms with Crippen molar-refractivity contribution in [2.75, 3.05) is 32.8 Å². The minimum absolute atomic E-state index is 0.0260. The van der Waals surface area contributed by atoms with E-state index in [2.05, 4.69) is 46.8 Å². The molecule has 3 aliphatic rings. The van der Waals surface area contributed by atoms with E-state index in [0.29, 0.717) is 38.3 Å². The van der Waals surface area contributed by atoms with Crippen molar-refractivity contribution in [2.24, 2.45) is 0 Å². The van der Waals surface area contributed by atoms with Gasteiger partial charge in [-0.25, -0.2) is 14.6 Å². The molecule has 0 radical (unpaired) electrons. The molecular formula is C42H58N6O5. The highest BCUT2D eigenvalue weighted by molar-refractivity contribution is 6.04. The van der Waals surface area contributed by atoms with Gasteiger partial charge in [0.15, 0.2) is 0 Å². The first kappa shape index (κ1) is 38.3. The summed E-state index contributed by atoms with van der Waals surface area (Å²) in [6, 6.07) is 13.5. The first-order chi connectivity index (χ1) is 25.8. The van der Waals surface area contributed by atoms with Crippen LogP contribution >= 0.6 is 0 Å². The molecule has 3 aromatic rings. The maximum absolute atomic E-state index is 14.0. The van der Waals surface area contributed by atoms with E-state index in [1.165, 1.54) is 0 Å². The fourth-order valence-electron chi connectivity index (χ4n) is 8.39. The number of likely N-dealkylation sites (tertiary alicyclic amines) is 1. The molecular weight excluding hydrogens is 668 g/mol. The van der Waals surface area contributed by atoms with Crippen LogP contribution in [-0.4, -0.2) is 76.1 Å². The van der Waals surface area contributed by atoms with Crippen molar-refractivity contribution in [1.29, 1.82) is 5.41 Å². The van der Waals surface area contributed by atoms with Gasteiger partial charge in [0, 0.05) is 38.2 Å². The third kappa shape index (κ3) is 8.87. The van der Waals surface area contributed by atoms with Gasteiger partial charge < -0.3 is 18.9 Å². The monoisotopic (exact) mass is 726 g/mol. The van der Waals surface area contributed by atoms with Gasteiger partial charge in [-0.1, -0.05) is 95.5 Å². The molecule has 1 aromatic heterocycles. The molecule has 1 saturated carbocycles. The number of nitrogens with one attached hydrogen (secondary N) is 2. The van der Waals surface area contributed by atoms with Gasteiger partial charge in [0.1, 0.15) is 11.7 Å². The Hall–Kier alpha value is -4.41. The summed E-state index contributed by atoms with van der Waals surface area (Å²) in [6.45, 7) is 7.79. The molecule has 3 heterocycles. The summed E-state index contributed by atoms with van der Waals surface area (Å²) in [5.74, 6) is 1.05. The number of imidazole rings is 1. The molecule has 11 nitrogen and oxygen atoms in total. The normalized spacial score (nSPS) is 17.9. The summed E-state index contributed by atoms with van der Waals surface area (Å²) < 4.78 is 13.3. The minimum atomic E-state index is -0.622. The molecule has 6 rings (SSSR count). The third-order valence-corrected chi connectivity index (χ3v) is 11.4. The molecule has 2 N–H and O–H groups in total. The lowest BCUT2D eigenvalue weighted by Crippen LogP contribution is -2.44. The Morgan fingerprint density at radius 1 is 0.830 bits per heavy atom. The number of fused-ring (bicyclic) bond motifs is 3. The standard InChI is InChI=1S/C42H58N6O5/c1-3-5-7-13-27-52-40(50)45-37(43)32-17-15-31(16-18-32)29-36-38-44-34-30-33(42(21-9-10-22-42)39(49)46-23-11-12-24-46)19-20-35(34)47(38)25-26-48(36)41(51)53-28-14-8-6-4-2/h15-20,30,36H,3-14,21-29H2,1-2H3,(H2,43,45,50). The molecule has 53 heavy (non-hydrogen) atoms. The van der Waals surface area contributed by atoms with E-state index in [1.54, 1.807) is 0 Å². The van der Waals surface area contributed by atoms with Gasteiger partial charge in [-0.05, 0) is 61.8 Å². The number of amidine groups is 1. The molecule has 286 valence electrons. The molecule has 2 aliphatic heterocycles. The van der Waals surface area contributed by atoms with Crippen LogP contribution < -0.4 is 5.32 Å². The maximum atomic E-state index is 14.0. The molecule has 2 aromatic carbocycles. The molecule has 0 bridgehead atoms. The Morgan fingerprint density at radius 2 is 1.51 bits per heavy atom. The van der Waals surface area contributed by atoms with Crippen LogP contribution in [-0.2, 0) is 32.6 Å². The molecule has 2 fully saturated rings. The molecule has 1 unspecified atom stereocenters. The average Bonchev–Trinajstić information content (AvgIpc) is 3.96. The summed E-state index contributed by atoms with van der Waals surface area (Å²) in [5, 5.41) is 11.0. The quantitative estimate of drug-likeness (QED) is 0.0919. The van der Waals surface area contributed by atoms with Crippen LogP contribution in [0.3, 0.4) is 0 Å². The van der Waals surface area contributed by atoms with E-state index in [0.717, 1.165) is 131 Å². The lowest BCUT2D eigenvalue weighted by atomic mass is 9.77. The summed E-state index contributed by atoms with van der Waals surface area (Å²) in [6.07, 6.45) is 13.6. The molecule has 1 aliphatic carbocycles. The lowest BCUT2D eigenvalue weighted by molar-refractivity contribution is -0.136. The molecule has 3 amide bonds. The predicted molar refractivity (Wildman–Crippen MR) is 206 cm³/mol. The molecule has 1 atom stereocenters. The number of hydrogen-bond acceptors (Lipinski definition) is 7. The fraction of sp³-hybridized carbons (Fsp3) is 0.595. The SMILES string of the molecule is CCCCCCOC(=O)NC(=N)c1ccc(CC2c3nc4cc(C5(C(=O)N6CCCC6)CCCC5)ccc4n3CCN2C(=O)OCCCCCC)cc1. The highest BCUT2D eigenvalue weighted by atomic mass is 16.6. The molecule has 0 spiro atoms. The molecule has 1 saturated heterocycles. The Kier molecular flexibility index (Phi) is 13.1. The first-order valence-corrected chi connectivity index (χ1v) is 20.2. The largest absolute Gasteiger partial charge is 0.449 e. The number of alkyl carbamates (subject to hydrolysis) is 1. The van der Waals surface area contributed by atoms with Gasteiger partial charge in [-0.3, -0.25) is 20.4 Å². The number of carbonyl (C=O) groups is 3. The van der Waals surface area contributed by atoms with Crippen LogP contribution in [0.4, 0.5) is 9.59 Å². The van der Waals surface area contributed by atoms with Crippen molar-refractivity contribution in [3.05, 3.63) is 65.0 Å². The van der Waals surface area contributed by atoms with Crippen molar-refractivity contribution in [1.82, 2.24) is 24.7 Å². The summed E-state index contributed by atoms with van der Waals surface area (Å²) in [4.78, 5) is 49.0. The molecule has 11 heteroatoms. The third-order valence-electron chi connectivity index (χ3n) is 11.4. The number of aromatic nitrogens is 2. The number of ether oxygens (including phenoxy) is 2. The van der Waals surface area contributed by atoms with E-state index in [1.807, 2.05) is 29.2 Å². The van der Waals surface area contributed by atoms with E-state index in [9.17, 15) is 14.4 Å². The van der Waals surface area contributed by atoms with Gasteiger partial charge in [0.25, 0.3) is 0 Å². The van der Waals surface area contributed by atoms with Crippen molar-refractivity contribution < 1.29 is 23.9 Å². The second-order valence-corrected chi connectivity index (χ2v) is 15.1. The topological polar surface area (TPSA) is 130 Å². The van der Waals surface area contributed by atoms with E-state index in [4.69, 9.17) is 19.9 Å². The second kappa shape index (κ2) is 18.1. The van der Waals surface area contributed by atoms with Crippen LogP contribution in [0, 0.1) is 5.41 Å². The number of hydrogen-bond donors (Lipinski definition) is 2. The Labute approximate surface area is 314 Å². The lowest BCUT2D eigenvalue weighted by Gasteiger charge is -2.35. The Bertz CT molecular complexity index is 1720. The first-order valence-electron chi connectivity index (χ1n) is 20.2. The zero-order valence-corrected chi connectivity index (χ0v) is 31.8. The van der Waals surface area contributed by atoms with Crippen LogP contribution in [0.2, 0.25) is 0 Å². The van der Waals surface area contributed by atoms with Crippen molar-refractivity contribution in [2.45, 2.75) is 128 Å². The Morgan fingerprint density at radius 3 is 2.19 bits per heavy atom. The van der Waals surface area contributed by atoms with Crippen LogP contribution in [0.5, 0.6) is 0 Å². The highest BCUT2D eigenvalue weighted by Crippen LogP contribution is 2.44. The van der Waals surface area contributed by atoms with E-state index >= 15 is 0 Å². The van der Waals surface area contributed by atoms with Gasteiger partial charge in [-0.2, -0.15) is 0 Å². The Balaban J connectivity index is 1.22. The van der Waals surface area contributed by atoms with Gasteiger partial charge in [0.05, 0.1) is 35.7 Å². The zero-order valence-electron chi connectivity index (χ0n) is 31.8. The number of rotatable bonds is 15. The van der Waals surface area contributed by atoms with Crippen LogP contribution in [0.15, 0.2) is 42.5 Å². The van der Waals surface area contributed by atoms with Crippen molar-refractivity contribution >= 4 is 35.0 Å². The van der Waals surface area contributed by atoms with Crippen molar-refractivity contribution in [3.8, 4) is 0 Å². The number of nitrogens with zero attached hydrogens (tertiary/aromatic N) is 4. The summed E-state index contributed by atoms with van der Waals surface area (Å²) in [5.41, 5.74) is 3.95.